The summed E-state index contributed by atoms with van der Waals surface area (Å²) < 4.78 is 13.7. The average Bonchev–Trinajstić information content (AvgIpc) is 2.66. The summed E-state index contributed by atoms with van der Waals surface area (Å²) in [5, 5.41) is 3.51. The SMILES string of the molecule is CC(C)(F)c1ccc(C2(C)CCCN2)cc1. The fourth-order valence-electron chi connectivity index (χ4n) is 2.38. The lowest BCUT2D eigenvalue weighted by Crippen LogP contribution is -2.33. The van der Waals surface area contributed by atoms with Crippen molar-refractivity contribution in [3.05, 3.63) is 35.4 Å². The fraction of sp³-hybridized carbons (Fsp3) is 0.571. The van der Waals surface area contributed by atoms with Gasteiger partial charge in [0, 0.05) is 5.54 Å². The molecule has 1 unspecified atom stereocenters. The molecule has 1 N–H and O–H groups in total. The second kappa shape index (κ2) is 3.85. The summed E-state index contributed by atoms with van der Waals surface area (Å²) in [6.07, 6.45) is 2.37. The second-order valence-electron chi connectivity index (χ2n) is 5.41. The van der Waals surface area contributed by atoms with Crippen molar-refractivity contribution in [1.29, 1.82) is 0 Å². The molecule has 0 saturated carbocycles. The van der Waals surface area contributed by atoms with E-state index in [1.54, 1.807) is 13.8 Å². The van der Waals surface area contributed by atoms with Gasteiger partial charge in [0.05, 0.1) is 0 Å². The minimum atomic E-state index is -1.25. The Morgan fingerprint density at radius 1 is 1.25 bits per heavy atom. The van der Waals surface area contributed by atoms with Crippen LogP contribution in [-0.4, -0.2) is 6.54 Å². The van der Waals surface area contributed by atoms with Gasteiger partial charge >= 0.3 is 0 Å². The first-order chi connectivity index (χ1) is 7.42. The van der Waals surface area contributed by atoms with E-state index in [0.29, 0.717) is 0 Å². The van der Waals surface area contributed by atoms with Crippen LogP contribution in [0.25, 0.3) is 0 Å². The van der Waals surface area contributed by atoms with Crippen molar-refractivity contribution in [2.24, 2.45) is 0 Å². The van der Waals surface area contributed by atoms with Crippen molar-refractivity contribution in [3.8, 4) is 0 Å². The van der Waals surface area contributed by atoms with Crippen molar-refractivity contribution < 1.29 is 4.39 Å². The summed E-state index contributed by atoms with van der Waals surface area (Å²) in [5.74, 6) is 0. The number of rotatable bonds is 2. The van der Waals surface area contributed by atoms with Gasteiger partial charge in [-0.05, 0) is 51.3 Å². The lowest BCUT2D eigenvalue weighted by molar-refractivity contribution is 0.221. The minimum Gasteiger partial charge on any atom is -0.308 e. The highest BCUT2D eigenvalue weighted by Crippen LogP contribution is 2.32. The third-order valence-electron chi connectivity index (χ3n) is 3.58. The summed E-state index contributed by atoms with van der Waals surface area (Å²) >= 11 is 0. The first kappa shape index (κ1) is 11.6. The normalized spacial score (nSPS) is 26.0. The molecule has 1 nitrogen and oxygen atoms in total. The molecule has 1 saturated heterocycles. The Kier molecular flexibility index (Phi) is 2.79. The molecule has 0 aliphatic carbocycles. The van der Waals surface area contributed by atoms with E-state index in [1.807, 2.05) is 12.1 Å². The molecule has 88 valence electrons. The molecule has 0 bridgehead atoms. The van der Waals surface area contributed by atoms with Crippen LogP contribution >= 0.6 is 0 Å². The van der Waals surface area contributed by atoms with Gasteiger partial charge in [-0.3, -0.25) is 0 Å². The van der Waals surface area contributed by atoms with Crippen LogP contribution in [-0.2, 0) is 11.2 Å². The molecule has 1 heterocycles. The van der Waals surface area contributed by atoms with Gasteiger partial charge in [0.15, 0.2) is 0 Å². The maximum atomic E-state index is 13.7. The van der Waals surface area contributed by atoms with Crippen LogP contribution in [0.4, 0.5) is 4.39 Å². The van der Waals surface area contributed by atoms with E-state index in [4.69, 9.17) is 0 Å². The van der Waals surface area contributed by atoms with E-state index in [1.165, 1.54) is 12.0 Å². The van der Waals surface area contributed by atoms with E-state index in [0.717, 1.165) is 18.5 Å². The minimum absolute atomic E-state index is 0.0823. The van der Waals surface area contributed by atoms with Crippen LogP contribution in [0.5, 0.6) is 0 Å². The molecule has 1 atom stereocenters. The molecule has 1 aliphatic rings. The summed E-state index contributed by atoms with van der Waals surface area (Å²) in [6.45, 7) is 6.48. The van der Waals surface area contributed by atoms with E-state index in [2.05, 4.69) is 24.4 Å². The van der Waals surface area contributed by atoms with Gasteiger partial charge < -0.3 is 5.32 Å². The lowest BCUT2D eigenvalue weighted by atomic mass is 9.88. The molecule has 0 spiro atoms. The second-order valence-corrected chi connectivity index (χ2v) is 5.41. The number of hydrogen-bond donors (Lipinski definition) is 1. The zero-order valence-electron chi connectivity index (χ0n) is 10.3. The maximum absolute atomic E-state index is 13.7. The Hall–Kier alpha value is -0.890. The summed E-state index contributed by atoms with van der Waals surface area (Å²) in [5.41, 5.74) is 0.845. The van der Waals surface area contributed by atoms with Crippen molar-refractivity contribution in [2.75, 3.05) is 6.54 Å². The Balaban J connectivity index is 2.26. The van der Waals surface area contributed by atoms with E-state index >= 15 is 0 Å². The Morgan fingerprint density at radius 2 is 1.88 bits per heavy atom. The predicted molar refractivity (Wildman–Crippen MR) is 65.2 cm³/mol. The molecule has 0 aromatic heterocycles. The van der Waals surface area contributed by atoms with Crippen LogP contribution in [0.15, 0.2) is 24.3 Å². The number of nitrogens with one attached hydrogen (secondary N) is 1. The van der Waals surface area contributed by atoms with Gasteiger partial charge in [0.1, 0.15) is 5.67 Å². The fourth-order valence-corrected chi connectivity index (χ4v) is 2.38. The monoisotopic (exact) mass is 221 g/mol. The summed E-state index contributed by atoms with van der Waals surface area (Å²) in [6, 6.07) is 7.91. The van der Waals surface area contributed by atoms with Gasteiger partial charge in [-0.25, -0.2) is 4.39 Å². The quantitative estimate of drug-likeness (QED) is 0.806. The third kappa shape index (κ3) is 2.12. The van der Waals surface area contributed by atoms with Crippen LogP contribution in [0, 0.1) is 0 Å². The van der Waals surface area contributed by atoms with Crippen LogP contribution < -0.4 is 5.32 Å². The lowest BCUT2D eigenvalue weighted by Gasteiger charge is -2.26. The molecule has 1 aliphatic heterocycles. The maximum Gasteiger partial charge on any atom is 0.130 e. The molecular formula is C14H20FN. The standard InChI is InChI=1S/C14H20FN/c1-13(2,15)11-5-7-12(8-6-11)14(3)9-4-10-16-14/h5-8,16H,4,9-10H2,1-3H3. The number of benzene rings is 1. The van der Waals surface area contributed by atoms with Crippen LogP contribution in [0.2, 0.25) is 0 Å². The van der Waals surface area contributed by atoms with Crippen LogP contribution in [0.1, 0.15) is 44.7 Å². The smallest absolute Gasteiger partial charge is 0.130 e. The van der Waals surface area contributed by atoms with Crippen LogP contribution in [0.3, 0.4) is 0 Å². The summed E-state index contributed by atoms with van der Waals surface area (Å²) in [7, 11) is 0. The Labute approximate surface area is 97.1 Å². The highest BCUT2D eigenvalue weighted by atomic mass is 19.1. The van der Waals surface area contributed by atoms with Crippen molar-refractivity contribution in [3.63, 3.8) is 0 Å². The molecule has 1 aromatic carbocycles. The third-order valence-corrected chi connectivity index (χ3v) is 3.58. The molecular weight excluding hydrogens is 201 g/mol. The van der Waals surface area contributed by atoms with Gasteiger partial charge in [-0.2, -0.15) is 0 Å². The highest BCUT2D eigenvalue weighted by molar-refractivity contribution is 5.31. The molecule has 0 radical (unpaired) electrons. The average molecular weight is 221 g/mol. The highest BCUT2D eigenvalue weighted by Gasteiger charge is 2.30. The van der Waals surface area contributed by atoms with Gasteiger partial charge in [0.2, 0.25) is 0 Å². The molecule has 2 heteroatoms. The van der Waals surface area contributed by atoms with Gasteiger partial charge in [-0.1, -0.05) is 24.3 Å². The predicted octanol–water partition coefficient (Wildman–Crippen LogP) is 3.49. The van der Waals surface area contributed by atoms with E-state index < -0.39 is 5.67 Å². The largest absolute Gasteiger partial charge is 0.308 e. The Bertz CT molecular complexity index is 355. The number of alkyl halides is 1. The van der Waals surface area contributed by atoms with E-state index in [-0.39, 0.29) is 5.54 Å². The van der Waals surface area contributed by atoms with Crippen molar-refractivity contribution in [1.82, 2.24) is 5.32 Å². The van der Waals surface area contributed by atoms with Crippen molar-refractivity contribution >= 4 is 0 Å². The molecule has 1 aromatic rings. The molecule has 1 fully saturated rings. The zero-order valence-corrected chi connectivity index (χ0v) is 10.3. The molecule has 16 heavy (non-hydrogen) atoms. The summed E-state index contributed by atoms with van der Waals surface area (Å²) in [4.78, 5) is 0. The Morgan fingerprint density at radius 3 is 2.31 bits per heavy atom. The zero-order chi connectivity index (χ0) is 11.8. The van der Waals surface area contributed by atoms with Crippen molar-refractivity contribution in [2.45, 2.75) is 44.8 Å². The van der Waals surface area contributed by atoms with E-state index in [9.17, 15) is 4.39 Å². The van der Waals surface area contributed by atoms with Gasteiger partial charge in [0.25, 0.3) is 0 Å². The molecule has 2 rings (SSSR count). The number of halogens is 1. The molecule has 0 amide bonds. The van der Waals surface area contributed by atoms with Gasteiger partial charge in [-0.15, -0.1) is 0 Å². The first-order valence-electron chi connectivity index (χ1n) is 5.97. The number of hydrogen-bond acceptors (Lipinski definition) is 1. The topological polar surface area (TPSA) is 12.0 Å². The first-order valence-corrected chi connectivity index (χ1v) is 5.97.